The second kappa shape index (κ2) is 5.90. The molecular formula is C18H12F6N2O. The summed E-state index contributed by atoms with van der Waals surface area (Å²) in [7, 11) is 0. The molecular weight excluding hydrogens is 374 g/mol. The van der Waals surface area contributed by atoms with Crippen LogP contribution in [0.1, 0.15) is 24.0 Å². The van der Waals surface area contributed by atoms with Crippen molar-refractivity contribution in [2.45, 2.75) is 31.2 Å². The first-order valence-corrected chi connectivity index (χ1v) is 8.08. The van der Waals surface area contributed by atoms with Crippen molar-refractivity contribution in [3.8, 4) is 0 Å². The van der Waals surface area contributed by atoms with E-state index >= 15 is 0 Å². The zero-order chi connectivity index (χ0) is 19.4. The van der Waals surface area contributed by atoms with Crippen LogP contribution in [0, 0.1) is 0 Å². The summed E-state index contributed by atoms with van der Waals surface area (Å²) < 4.78 is 84.3. The highest BCUT2D eigenvalue weighted by atomic mass is 19.4. The van der Waals surface area contributed by atoms with E-state index in [9.17, 15) is 26.3 Å². The minimum Gasteiger partial charge on any atom is -0.354 e. The molecule has 0 unspecified atom stereocenters. The van der Waals surface area contributed by atoms with Gasteiger partial charge in [0.25, 0.3) is 0 Å². The van der Waals surface area contributed by atoms with Crippen LogP contribution in [0.3, 0.4) is 0 Å². The van der Waals surface area contributed by atoms with Gasteiger partial charge in [-0.15, -0.1) is 0 Å². The van der Waals surface area contributed by atoms with Crippen molar-refractivity contribution in [1.29, 1.82) is 0 Å². The molecule has 0 bridgehead atoms. The number of aromatic nitrogens is 1. The lowest BCUT2D eigenvalue weighted by Crippen LogP contribution is -2.22. The zero-order valence-corrected chi connectivity index (χ0v) is 13.6. The maximum absolute atomic E-state index is 13.2. The minimum atomic E-state index is -4.91. The van der Waals surface area contributed by atoms with Crippen LogP contribution in [0.4, 0.5) is 37.8 Å². The number of para-hydroxylation sites is 1. The highest BCUT2D eigenvalue weighted by molar-refractivity contribution is 5.91. The molecule has 1 aliphatic carbocycles. The van der Waals surface area contributed by atoms with Gasteiger partial charge < -0.3 is 9.42 Å². The van der Waals surface area contributed by atoms with E-state index in [0.29, 0.717) is 23.8 Å². The summed E-state index contributed by atoms with van der Waals surface area (Å²) in [4.78, 5) is 1.40. The quantitative estimate of drug-likeness (QED) is 0.505. The zero-order valence-electron chi connectivity index (χ0n) is 13.6. The summed E-state index contributed by atoms with van der Waals surface area (Å²) in [6.07, 6.45) is -8.54. The van der Waals surface area contributed by atoms with Crippen LogP contribution >= 0.6 is 0 Å². The van der Waals surface area contributed by atoms with Gasteiger partial charge in [-0.1, -0.05) is 17.3 Å². The van der Waals surface area contributed by atoms with E-state index in [4.69, 9.17) is 4.52 Å². The number of hydrogen-bond acceptors (Lipinski definition) is 3. The number of benzene rings is 2. The summed E-state index contributed by atoms with van der Waals surface area (Å²) in [6, 6.07) is 8.01. The van der Waals surface area contributed by atoms with Gasteiger partial charge in [-0.2, -0.15) is 26.3 Å². The summed E-state index contributed by atoms with van der Waals surface area (Å²) in [5.74, 6) is 0.209. The van der Waals surface area contributed by atoms with E-state index in [-0.39, 0.29) is 23.6 Å². The van der Waals surface area contributed by atoms with E-state index in [1.54, 1.807) is 24.3 Å². The van der Waals surface area contributed by atoms with E-state index in [2.05, 4.69) is 5.16 Å². The van der Waals surface area contributed by atoms with Gasteiger partial charge in [0.1, 0.15) is 0 Å². The fraction of sp³-hybridized carbons (Fsp3) is 0.278. The number of halogens is 6. The molecule has 2 aromatic carbocycles. The van der Waals surface area contributed by atoms with Crippen LogP contribution in [-0.2, 0) is 12.4 Å². The Morgan fingerprint density at radius 1 is 0.889 bits per heavy atom. The van der Waals surface area contributed by atoms with Crippen LogP contribution in [-0.4, -0.2) is 11.2 Å². The highest BCUT2D eigenvalue weighted by Gasteiger charge is 2.40. The molecule has 27 heavy (non-hydrogen) atoms. The molecule has 1 heterocycles. The van der Waals surface area contributed by atoms with Crippen LogP contribution in [0.15, 0.2) is 47.0 Å². The first-order chi connectivity index (χ1) is 12.6. The Morgan fingerprint density at radius 3 is 2.04 bits per heavy atom. The lowest BCUT2D eigenvalue weighted by molar-refractivity contribution is -0.143. The van der Waals surface area contributed by atoms with Gasteiger partial charge in [0.15, 0.2) is 11.4 Å². The molecule has 0 spiro atoms. The summed E-state index contributed by atoms with van der Waals surface area (Å²) in [5.41, 5.74) is -2.52. The van der Waals surface area contributed by atoms with E-state index in [1.165, 1.54) is 4.90 Å². The Morgan fingerprint density at radius 2 is 1.48 bits per heavy atom. The van der Waals surface area contributed by atoms with Crippen LogP contribution in [0.2, 0.25) is 0 Å². The lowest BCUT2D eigenvalue weighted by atomic mass is 10.1. The molecule has 0 N–H and O–H groups in total. The Kier molecular flexibility index (Phi) is 3.87. The average molecular weight is 386 g/mol. The fourth-order valence-electron chi connectivity index (χ4n) is 2.96. The maximum Gasteiger partial charge on any atom is 0.416 e. The number of anilines is 2. The fourth-order valence-corrected chi connectivity index (χ4v) is 2.96. The van der Waals surface area contributed by atoms with E-state index in [1.807, 2.05) is 0 Å². The monoisotopic (exact) mass is 386 g/mol. The third-order valence-electron chi connectivity index (χ3n) is 4.35. The molecule has 0 aliphatic heterocycles. The molecule has 0 radical (unpaired) electrons. The largest absolute Gasteiger partial charge is 0.416 e. The number of rotatable bonds is 3. The molecule has 1 aliphatic rings. The maximum atomic E-state index is 13.2. The first-order valence-electron chi connectivity index (χ1n) is 8.08. The average Bonchev–Trinajstić information content (AvgIpc) is 3.33. The van der Waals surface area contributed by atoms with Gasteiger partial charge in [0.05, 0.1) is 16.5 Å². The van der Waals surface area contributed by atoms with Crippen LogP contribution in [0.25, 0.3) is 11.0 Å². The van der Waals surface area contributed by atoms with Crippen molar-refractivity contribution in [3.63, 3.8) is 0 Å². The molecule has 1 fully saturated rings. The van der Waals surface area contributed by atoms with Crippen LogP contribution in [0.5, 0.6) is 0 Å². The smallest absolute Gasteiger partial charge is 0.354 e. The van der Waals surface area contributed by atoms with Gasteiger partial charge in [-0.05, 0) is 43.2 Å². The van der Waals surface area contributed by atoms with Crippen molar-refractivity contribution in [2.24, 2.45) is 0 Å². The normalized spacial score (nSPS) is 15.3. The van der Waals surface area contributed by atoms with Gasteiger partial charge in [0, 0.05) is 11.7 Å². The molecule has 0 amide bonds. The Hall–Kier alpha value is -2.71. The third-order valence-corrected chi connectivity index (χ3v) is 4.35. The number of alkyl halides is 6. The molecule has 0 saturated heterocycles. The molecule has 1 saturated carbocycles. The molecule has 3 aromatic rings. The number of nitrogens with zero attached hydrogens (tertiary/aromatic N) is 2. The molecule has 142 valence electrons. The van der Waals surface area contributed by atoms with Crippen molar-refractivity contribution in [2.75, 3.05) is 4.90 Å². The Balaban J connectivity index is 1.91. The van der Waals surface area contributed by atoms with Gasteiger partial charge in [-0.3, -0.25) is 0 Å². The predicted octanol–water partition coefficient (Wildman–Crippen LogP) is 6.17. The third kappa shape index (κ3) is 3.33. The second-order valence-electron chi connectivity index (χ2n) is 6.37. The van der Waals surface area contributed by atoms with Gasteiger partial charge in [0.2, 0.25) is 0 Å². The number of fused-ring (bicyclic) bond motifs is 1. The topological polar surface area (TPSA) is 29.3 Å². The molecule has 3 nitrogen and oxygen atoms in total. The SMILES string of the molecule is FC(F)(F)c1cc(N(c2noc3ccccc23)C2CC2)cc(C(F)(F)F)c1. The van der Waals surface area contributed by atoms with Crippen molar-refractivity contribution in [1.82, 2.24) is 5.16 Å². The number of hydrogen-bond donors (Lipinski definition) is 0. The molecule has 4 rings (SSSR count). The predicted molar refractivity (Wildman–Crippen MR) is 85.6 cm³/mol. The summed E-state index contributed by atoms with van der Waals surface area (Å²) in [6.45, 7) is 0. The van der Waals surface area contributed by atoms with Gasteiger partial charge in [-0.25, -0.2) is 0 Å². The molecule has 9 heteroatoms. The highest BCUT2D eigenvalue weighted by Crippen LogP contribution is 2.44. The summed E-state index contributed by atoms with van der Waals surface area (Å²) >= 11 is 0. The van der Waals surface area contributed by atoms with Gasteiger partial charge >= 0.3 is 12.4 Å². The Labute approximate surface area is 149 Å². The molecule has 0 atom stereocenters. The van der Waals surface area contributed by atoms with Crippen molar-refractivity contribution in [3.05, 3.63) is 53.6 Å². The summed E-state index contributed by atoms with van der Waals surface area (Å²) in [5, 5.41) is 4.43. The minimum absolute atomic E-state index is 0.121. The second-order valence-corrected chi connectivity index (χ2v) is 6.37. The van der Waals surface area contributed by atoms with Crippen molar-refractivity contribution < 1.29 is 30.9 Å². The first kappa shape index (κ1) is 17.7. The van der Waals surface area contributed by atoms with E-state index in [0.717, 1.165) is 12.1 Å². The van der Waals surface area contributed by atoms with Crippen LogP contribution < -0.4 is 4.90 Å². The Bertz CT molecular complexity index is 955. The van der Waals surface area contributed by atoms with Crippen molar-refractivity contribution >= 4 is 22.5 Å². The van der Waals surface area contributed by atoms with E-state index < -0.39 is 23.5 Å². The standard InChI is InChI=1S/C18H12F6N2O/c19-17(20,21)10-7-11(18(22,23)24)9-13(8-10)26(12-5-6-12)16-14-3-1-2-4-15(14)27-25-16/h1-4,7-9,12H,5-6H2. The molecule has 1 aromatic heterocycles. The lowest BCUT2D eigenvalue weighted by Gasteiger charge is -2.24.